The van der Waals surface area contributed by atoms with E-state index in [2.05, 4.69) is 68.3 Å². The van der Waals surface area contributed by atoms with Crippen molar-refractivity contribution in [2.24, 2.45) is 0 Å². The summed E-state index contributed by atoms with van der Waals surface area (Å²) in [5.74, 6) is 2.01. The molecule has 0 amide bonds. The van der Waals surface area contributed by atoms with Crippen LogP contribution in [0.4, 0.5) is 29.4 Å². The number of phenols is 1. The monoisotopic (exact) mass is 490 g/mol. The molecule has 2 heterocycles. The van der Waals surface area contributed by atoms with Gasteiger partial charge in [-0.05, 0) is 38.0 Å². The minimum Gasteiger partial charge on any atom is -0.508 e. The van der Waals surface area contributed by atoms with E-state index >= 15 is 0 Å². The Morgan fingerprint density at radius 2 is 1.89 bits per heavy atom. The largest absolute Gasteiger partial charge is 0.508 e. The molecule has 10 nitrogen and oxygen atoms in total. The molecule has 0 saturated carbocycles. The van der Waals surface area contributed by atoms with E-state index in [1.54, 1.807) is 6.07 Å². The highest BCUT2D eigenvalue weighted by Gasteiger charge is 2.15. The van der Waals surface area contributed by atoms with Crippen molar-refractivity contribution in [2.75, 3.05) is 49.3 Å². The summed E-state index contributed by atoms with van der Waals surface area (Å²) in [5, 5.41) is 23.8. The summed E-state index contributed by atoms with van der Waals surface area (Å²) in [6, 6.07) is 7.20. The number of allylic oxidation sites excluding steroid dienone is 5. The molecular formula is C26H36N9O+. The van der Waals surface area contributed by atoms with Crippen LogP contribution in [0.3, 0.4) is 0 Å². The van der Waals surface area contributed by atoms with Crippen LogP contribution in [0.5, 0.6) is 5.75 Å². The average Bonchev–Trinajstić information content (AvgIpc) is 3.30. The van der Waals surface area contributed by atoms with Gasteiger partial charge < -0.3 is 25.5 Å². The molecule has 0 aliphatic rings. The zero-order valence-corrected chi connectivity index (χ0v) is 21.6. The Labute approximate surface area is 212 Å². The van der Waals surface area contributed by atoms with Crippen LogP contribution in [0.25, 0.3) is 5.57 Å². The van der Waals surface area contributed by atoms with Gasteiger partial charge in [-0.1, -0.05) is 36.9 Å². The number of nitrogens with one attached hydrogen (secondary N) is 4. The van der Waals surface area contributed by atoms with E-state index in [1.807, 2.05) is 56.4 Å². The molecule has 0 unspecified atom stereocenters. The first-order valence-electron chi connectivity index (χ1n) is 12.0. The minimum atomic E-state index is 0.199. The molecule has 190 valence electrons. The molecule has 10 heteroatoms. The van der Waals surface area contributed by atoms with Crippen LogP contribution in [0.15, 0.2) is 55.1 Å². The molecule has 5 N–H and O–H groups in total. The Kier molecular flexibility index (Phi) is 9.18. The normalized spacial score (nSPS) is 11.5. The van der Waals surface area contributed by atoms with Crippen LogP contribution in [-0.4, -0.2) is 64.0 Å². The lowest BCUT2D eigenvalue weighted by molar-refractivity contribution is -0.856. The second-order valence-corrected chi connectivity index (χ2v) is 8.65. The Morgan fingerprint density at radius 3 is 2.56 bits per heavy atom. The maximum Gasteiger partial charge on any atom is 0.235 e. The maximum atomic E-state index is 10.1. The molecule has 0 fully saturated rings. The molecule has 0 aliphatic carbocycles. The fourth-order valence-electron chi connectivity index (χ4n) is 3.23. The lowest BCUT2D eigenvalue weighted by Crippen LogP contribution is -3.06. The fraction of sp³-hybridized carbons (Fsp3) is 0.308. The topological polar surface area (TPSA) is 119 Å². The van der Waals surface area contributed by atoms with Crippen LogP contribution < -0.4 is 20.4 Å². The van der Waals surface area contributed by atoms with Gasteiger partial charge in [0.05, 0.1) is 32.9 Å². The van der Waals surface area contributed by atoms with Gasteiger partial charge in [0.15, 0.2) is 5.82 Å². The molecule has 0 spiro atoms. The van der Waals surface area contributed by atoms with Gasteiger partial charge in [-0.2, -0.15) is 20.1 Å². The van der Waals surface area contributed by atoms with Crippen molar-refractivity contribution >= 4 is 34.9 Å². The molecule has 3 rings (SSSR count). The van der Waals surface area contributed by atoms with Gasteiger partial charge in [0, 0.05) is 24.4 Å². The van der Waals surface area contributed by atoms with E-state index in [0.717, 1.165) is 36.5 Å². The molecule has 3 aromatic rings. The van der Waals surface area contributed by atoms with Crippen molar-refractivity contribution in [2.45, 2.75) is 20.8 Å². The molecule has 36 heavy (non-hydrogen) atoms. The van der Waals surface area contributed by atoms with Gasteiger partial charge in [-0.15, -0.1) is 0 Å². The fourth-order valence-corrected chi connectivity index (χ4v) is 3.23. The maximum absolute atomic E-state index is 10.1. The van der Waals surface area contributed by atoms with Crippen LogP contribution >= 0.6 is 0 Å². The standard InChI is InChI=1S/C26H35N9O/c1-7-9-10-11-18(3)21-17-23(33-32-21)28-25-29-24(27-20-13-12-19(4)22(36)16-20)30-26(31-25)35(8-2)15-14-34(5)6/h7,9-13,16-17,36H,3,8,14-15H2,1-2,4-6H3,(H3,27,28,29,30,31,32,33)/p+1. The van der Waals surface area contributed by atoms with Gasteiger partial charge >= 0.3 is 0 Å². The summed E-state index contributed by atoms with van der Waals surface area (Å²) >= 11 is 0. The third-order valence-electron chi connectivity index (χ3n) is 5.40. The lowest BCUT2D eigenvalue weighted by Gasteiger charge is -2.22. The number of anilines is 5. The summed E-state index contributed by atoms with van der Waals surface area (Å²) in [7, 11) is 4.23. The number of quaternary nitrogens is 1. The number of aromatic nitrogens is 5. The first-order chi connectivity index (χ1) is 17.3. The predicted molar refractivity (Wildman–Crippen MR) is 146 cm³/mol. The highest BCUT2D eigenvalue weighted by molar-refractivity contribution is 5.72. The van der Waals surface area contributed by atoms with Crippen LogP contribution in [0, 0.1) is 6.92 Å². The van der Waals surface area contributed by atoms with Crippen LogP contribution in [0.1, 0.15) is 25.1 Å². The van der Waals surface area contributed by atoms with Gasteiger partial charge in [-0.25, -0.2) is 0 Å². The summed E-state index contributed by atoms with van der Waals surface area (Å²) in [6.45, 7) is 12.4. The molecule has 0 saturated heterocycles. The molecule has 2 aromatic heterocycles. The van der Waals surface area contributed by atoms with Crippen molar-refractivity contribution in [1.29, 1.82) is 0 Å². The van der Waals surface area contributed by atoms with Crippen molar-refractivity contribution < 1.29 is 10.0 Å². The third kappa shape index (κ3) is 7.41. The number of rotatable bonds is 12. The molecule has 0 radical (unpaired) electrons. The second-order valence-electron chi connectivity index (χ2n) is 8.65. The number of nitrogens with zero attached hydrogens (tertiary/aromatic N) is 5. The average molecular weight is 491 g/mol. The highest BCUT2D eigenvalue weighted by atomic mass is 16.3. The van der Waals surface area contributed by atoms with Crippen molar-refractivity contribution in [3.05, 3.63) is 66.4 Å². The van der Waals surface area contributed by atoms with E-state index in [4.69, 9.17) is 0 Å². The second kappa shape index (κ2) is 12.5. The van der Waals surface area contributed by atoms with Gasteiger partial charge in [0.1, 0.15) is 5.75 Å². The number of aromatic amines is 1. The van der Waals surface area contributed by atoms with E-state index < -0.39 is 0 Å². The highest BCUT2D eigenvalue weighted by Crippen LogP contribution is 2.25. The predicted octanol–water partition coefficient (Wildman–Crippen LogP) is 3.21. The van der Waals surface area contributed by atoms with Gasteiger partial charge in [0.25, 0.3) is 0 Å². The minimum absolute atomic E-state index is 0.199. The molecule has 0 atom stereocenters. The zero-order valence-electron chi connectivity index (χ0n) is 21.6. The van der Waals surface area contributed by atoms with Crippen LogP contribution in [-0.2, 0) is 0 Å². The smallest absolute Gasteiger partial charge is 0.235 e. The Balaban J connectivity index is 1.90. The molecule has 0 bridgehead atoms. The molecule has 0 aliphatic heterocycles. The lowest BCUT2D eigenvalue weighted by atomic mass is 10.2. The zero-order chi connectivity index (χ0) is 26.1. The quantitative estimate of drug-likeness (QED) is 0.246. The van der Waals surface area contributed by atoms with Crippen molar-refractivity contribution in [1.82, 2.24) is 25.1 Å². The summed E-state index contributed by atoms with van der Waals surface area (Å²) in [4.78, 5) is 17.3. The number of H-pyrrole nitrogens is 1. The number of benzene rings is 1. The number of likely N-dealkylation sites (N-methyl/N-ethyl adjacent to an activating group) is 2. The van der Waals surface area contributed by atoms with Gasteiger partial charge in [-0.3, -0.25) is 5.10 Å². The first-order valence-corrected chi connectivity index (χ1v) is 12.0. The summed E-state index contributed by atoms with van der Waals surface area (Å²) < 4.78 is 0. The number of hydrogen-bond acceptors (Lipinski definition) is 8. The SMILES string of the molecule is C=C(C=CC=CC)c1cc(Nc2nc(Nc3ccc(C)c(O)c3)nc(N(CC)CC[NH+](C)C)n2)n[nH]1. The first kappa shape index (κ1) is 26.4. The Morgan fingerprint density at radius 1 is 1.14 bits per heavy atom. The number of aryl methyl sites for hydroxylation is 1. The van der Waals surface area contributed by atoms with Crippen molar-refractivity contribution in [3.8, 4) is 5.75 Å². The Hall–Kier alpha value is -4.18. The Bertz CT molecular complexity index is 1230. The number of hydrogen-bond donors (Lipinski definition) is 5. The third-order valence-corrected chi connectivity index (χ3v) is 5.40. The van der Waals surface area contributed by atoms with Crippen LogP contribution in [0.2, 0.25) is 0 Å². The van der Waals surface area contributed by atoms with E-state index in [1.165, 1.54) is 4.90 Å². The van der Waals surface area contributed by atoms with E-state index in [-0.39, 0.29) is 5.75 Å². The molecule has 1 aromatic carbocycles. The van der Waals surface area contributed by atoms with Crippen molar-refractivity contribution in [3.63, 3.8) is 0 Å². The number of phenolic OH excluding ortho intramolecular Hbond substituents is 1. The van der Waals surface area contributed by atoms with E-state index in [9.17, 15) is 5.11 Å². The van der Waals surface area contributed by atoms with E-state index in [0.29, 0.717) is 29.4 Å². The molecular weight excluding hydrogens is 454 g/mol. The van der Waals surface area contributed by atoms with Gasteiger partial charge in [0.2, 0.25) is 17.8 Å². The summed E-state index contributed by atoms with van der Waals surface area (Å²) in [5.41, 5.74) is 3.05. The summed E-state index contributed by atoms with van der Waals surface area (Å²) in [6.07, 6.45) is 7.71. The number of aromatic hydroxyl groups is 1.